The van der Waals surface area contributed by atoms with Crippen molar-refractivity contribution >= 4 is 40.9 Å². The summed E-state index contributed by atoms with van der Waals surface area (Å²) in [5, 5.41) is 22.6. The molecule has 6 rings (SSSR count). The Hall–Kier alpha value is -5.56. The summed E-state index contributed by atoms with van der Waals surface area (Å²) >= 11 is 1.40. The maximum atomic E-state index is 14.0. The van der Waals surface area contributed by atoms with Crippen molar-refractivity contribution in [2.24, 2.45) is 0 Å². The van der Waals surface area contributed by atoms with E-state index in [-0.39, 0.29) is 25.7 Å². The number of rotatable bonds is 8. The fourth-order valence-electron chi connectivity index (χ4n) is 5.49. The van der Waals surface area contributed by atoms with E-state index in [0.29, 0.717) is 23.3 Å². The molecule has 2 aliphatic rings. The average Bonchev–Trinajstić information content (AvgIpc) is 3.63. The van der Waals surface area contributed by atoms with E-state index in [0.717, 1.165) is 10.4 Å². The van der Waals surface area contributed by atoms with Crippen molar-refractivity contribution in [3.8, 4) is 5.75 Å². The summed E-state index contributed by atoms with van der Waals surface area (Å²) in [7, 11) is 0. The van der Waals surface area contributed by atoms with Crippen LogP contribution in [0.15, 0.2) is 96.4 Å². The number of thiophene rings is 1. The quantitative estimate of drug-likeness (QED) is 0.177. The van der Waals surface area contributed by atoms with Gasteiger partial charge < -0.3 is 31.1 Å². The van der Waals surface area contributed by atoms with Crippen LogP contribution < -0.4 is 26.0 Å². The molecule has 4 aromatic rings. The minimum atomic E-state index is -1.33. The second kappa shape index (κ2) is 17.2. The molecule has 5 N–H and O–H groups in total. The van der Waals surface area contributed by atoms with Crippen LogP contribution in [0.5, 0.6) is 5.75 Å². The lowest BCUT2D eigenvalue weighted by Crippen LogP contribution is -2.59. The third kappa shape index (κ3) is 10.5. The van der Waals surface area contributed by atoms with Crippen LogP contribution >= 0.6 is 11.3 Å². The molecule has 0 saturated carbocycles. The van der Waals surface area contributed by atoms with E-state index in [1.54, 1.807) is 24.3 Å². The standard InChI is InChI=1S/C37H37FN4O7S/c38-26-13-8-24(9-14-26)19-30-35(45)40-29(17-12-23-5-2-1-3-6-23)34(44)42-32(37(47)48)20-25-10-15-27(16-11-25)49-22-33(43)39-31(36(46)41-30)21-28-7-4-18-50-28/h1-11,13-16,18,29-32H,12,17,19-22H2,(H,39,43)(H,40,45)(H,41,46)(H,42,44)(H,47,48). The molecule has 0 saturated heterocycles. The number of carboxylic acid groups (broad SMARTS) is 1. The van der Waals surface area contributed by atoms with Gasteiger partial charge in [0.15, 0.2) is 6.61 Å². The van der Waals surface area contributed by atoms with Crippen LogP contribution in [0.2, 0.25) is 0 Å². The van der Waals surface area contributed by atoms with E-state index in [2.05, 4.69) is 21.3 Å². The second-order valence-electron chi connectivity index (χ2n) is 11.9. The second-order valence-corrected chi connectivity index (χ2v) is 12.9. The minimum absolute atomic E-state index is 0.0607. The molecule has 13 heteroatoms. The number of halogens is 1. The van der Waals surface area contributed by atoms with Gasteiger partial charge >= 0.3 is 5.97 Å². The molecule has 3 heterocycles. The normalized spacial score (nSPS) is 20.6. The van der Waals surface area contributed by atoms with Gasteiger partial charge in [-0.2, -0.15) is 0 Å². The number of benzene rings is 3. The van der Waals surface area contributed by atoms with Crippen molar-refractivity contribution < 1.29 is 38.2 Å². The molecular formula is C37H37FN4O7S. The van der Waals surface area contributed by atoms with Crippen molar-refractivity contribution in [3.63, 3.8) is 0 Å². The highest BCUT2D eigenvalue weighted by Crippen LogP contribution is 2.16. The van der Waals surface area contributed by atoms with Crippen LogP contribution in [0, 0.1) is 5.82 Å². The summed E-state index contributed by atoms with van der Waals surface area (Å²) in [5.74, 6) is -4.09. The van der Waals surface area contributed by atoms with Crippen molar-refractivity contribution in [3.05, 3.63) is 124 Å². The monoisotopic (exact) mass is 700 g/mol. The maximum absolute atomic E-state index is 14.0. The van der Waals surface area contributed by atoms with E-state index in [1.807, 2.05) is 47.8 Å². The lowest BCUT2D eigenvalue weighted by atomic mass is 10.0. The van der Waals surface area contributed by atoms with Gasteiger partial charge in [-0.15, -0.1) is 11.3 Å². The number of aryl methyl sites for hydroxylation is 1. The van der Waals surface area contributed by atoms with Gasteiger partial charge in [0.05, 0.1) is 0 Å². The smallest absolute Gasteiger partial charge is 0.326 e. The van der Waals surface area contributed by atoms with Crippen LogP contribution in [0.4, 0.5) is 4.39 Å². The van der Waals surface area contributed by atoms with Crippen LogP contribution in [0.1, 0.15) is 28.0 Å². The molecule has 4 atom stereocenters. The topological polar surface area (TPSA) is 163 Å². The van der Waals surface area contributed by atoms with Gasteiger partial charge in [-0.05, 0) is 65.2 Å². The first-order valence-electron chi connectivity index (χ1n) is 16.1. The molecule has 0 aliphatic carbocycles. The summed E-state index contributed by atoms with van der Waals surface area (Å²) in [5.41, 5.74) is 2.01. The van der Waals surface area contributed by atoms with Crippen molar-refractivity contribution in [1.29, 1.82) is 0 Å². The van der Waals surface area contributed by atoms with Crippen molar-refractivity contribution in [1.82, 2.24) is 21.3 Å². The number of carbonyl (C=O) groups is 5. The first kappa shape index (κ1) is 35.7. The number of ether oxygens (including phenoxy) is 1. The number of carbonyl (C=O) groups excluding carboxylic acids is 4. The molecule has 0 fully saturated rings. The molecule has 4 amide bonds. The zero-order valence-corrected chi connectivity index (χ0v) is 27.8. The molecule has 2 bridgehead atoms. The third-order valence-corrected chi connectivity index (χ3v) is 9.07. The minimum Gasteiger partial charge on any atom is -0.484 e. The molecule has 260 valence electrons. The molecule has 3 aromatic carbocycles. The Morgan fingerprint density at radius 1 is 0.740 bits per heavy atom. The number of amides is 4. The maximum Gasteiger partial charge on any atom is 0.326 e. The SMILES string of the molecule is O=C1COc2ccc(cc2)CC(C(=O)O)NC(=O)C(CCc2ccccc2)NC(=O)C(Cc2ccc(F)cc2)NC(=O)C(Cc2cccs2)N1. The molecule has 0 radical (unpaired) electrons. The Morgan fingerprint density at radius 3 is 2.06 bits per heavy atom. The van der Waals surface area contributed by atoms with Gasteiger partial charge in [0.25, 0.3) is 5.91 Å². The van der Waals surface area contributed by atoms with Crippen molar-refractivity contribution in [2.45, 2.75) is 56.3 Å². The van der Waals surface area contributed by atoms with E-state index in [1.165, 1.54) is 35.6 Å². The molecule has 4 unspecified atom stereocenters. The molecule has 50 heavy (non-hydrogen) atoms. The predicted octanol–water partition coefficient (Wildman–Crippen LogP) is 2.96. The van der Waals surface area contributed by atoms with Gasteiger partial charge in [0.2, 0.25) is 17.7 Å². The first-order valence-corrected chi connectivity index (χ1v) is 17.0. The van der Waals surface area contributed by atoms with Gasteiger partial charge in [-0.25, -0.2) is 9.18 Å². The Morgan fingerprint density at radius 2 is 1.40 bits per heavy atom. The lowest BCUT2D eigenvalue weighted by Gasteiger charge is -2.26. The van der Waals surface area contributed by atoms with Gasteiger partial charge in [-0.1, -0.05) is 60.7 Å². The highest BCUT2D eigenvalue weighted by atomic mass is 32.1. The predicted molar refractivity (Wildman–Crippen MR) is 184 cm³/mol. The Balaban J connectivity index is 1.48. The molecular weight excluding hydrogens is 663 g/mol. The Labute approximate surface area is 292 Å². The number of carboxylic acids is 1. The summed E-state index contributed by atoms with van der Waals surface area (Å²) in [4.78, 5) is 67.7. The zero-order valence-electron chi connectivity index (χ0n) is 27.0. The number of nitrogens with one attached hydrogen (secondary N) is 4. The molecule has 2 aliphatic heterocycles. The van der Waals surface area contributed by atoms with Crippen molar-refractivity contribution in [2.75, 3.05) is 6.61 Å². The number of fused-ring (bicyclic) bond motifs is 16. The van der Waals surface area contributed by atoms with E-state index < -0.39 is 66.2 Å². The number of hydrogen-bond donors (Lipinski definition) is 5. The van der Waals surface area contributed by atoms with Gasteiger partial charge in [-0.3, -0.25) is 19.2 Å². The number of aliphatic carboxylic acids is 1. The summed E-state index contributed by atoms with van der Waals surface area (Å²) in [6.45, 7) is -0.413. The van der Waals surface area contributed by atoms with Crippen LogP contribution in [0.25, 0.3) is 0 Å². The van der Waals surface area contributed by atoms with E-state index in [9.17, 15) is 33.5 Å². The molecule has 1 aromatic heterocycles. The fourth-order valence-corrected chi connectivity index (χ4v) is 6.24. The van der Waals surface area contributed by atoms with Gasteiger partial charge in [0, 0.05) is 24.1 Å². The largest absolute Gasteiger partial charge is 0.484 e. The summed E-state index contributed by atoms with van der Waals surface area (Å²) in [6.07, 6.45) is 0.498. The fraction of sp³-hybridized carbons (Fsp3) is 0.270. The highest BCUT2D eigenvalue weighted by molar-refractivity contribution is 7.09. The van der Waals surface area contributed by atoms with Gasteiger partial charge in [0.1, 0.15) is 35.7 Å². The third-order valence-electron chi connectivity index (χ3n) is 8.17. The average molecular weight is 701 g/mol. The van der Waals surface area contributed by atoms with Crippen LogP contribution in [-0.4, -0.2) is 65.5 Å². The highest BCUT2D eigenvalue weighted by Gasteiger charge is 2.32. The molecule has 11 nitrogen and oxygen atoms in total. The van der Waals surface area contributed by atoms with Crippen LogP contribution in [0.3, 0.4) is 0 Å². The first-order chi connectivity index (χ1) is 24.1. The number of hydrogen-bond acceptors (Lipinski definition) is 7. The molecule has 0 spiro atoms. The van der Waals surface area contributed by atoms with E-state index in [4.69, 9.17) is 4.74 Å². The van der Waals surface area contributed by atoms with Crippen LogP contribution in [-0.2, 0) is 49.7 Å². The zero-order chi connectivity index (χ0) is 35.5. The summed E-state index contributed by atoms with van der Waals surface area (Å²) in [6, 6.07) is 19.9. The Bertz CT molecular complexity index is 1770. The Kier molecular flexibility index (Phi) is 12.3. The lowest BCUT2D eigenvalue weighted by molar-refractivity contribution is -0.142. The van der Waals surface area contributed by atoms with E-state index >= 15 is 0 Å². The summed E-state index contributed by atoms with van der Waals surface area (Å²) < 4.78 is 19.4.